The molecule has 0 aromatic heterocycles. The second kappa shape index (κ2) is 6.22. The Balaban J connectivity index is 2.05. The van der Waals surface area contributed by atoms with Crippen molar-refractivity contribution in [1.29, 1.82) is 0 Å². The van der Waals surface area contributed by atoms with Crippen LogP contribution in [0.15, 0.2) is 46.9 Å². The van der Waals surface area contributed by atoms with Gasteiger partial charge in [-0.05, 0) is 46.6 Å². The van der Waals surface area contributed by atoms with E-state index in [1.165, 1.54) is 0 Å². The predicted molar refractivity (Wildman–Crippen MR) is 82.7 cm³/mol. The summed E-state index contributed by atoms with van der Waals surface area (Å²) >= 11 is 9.23. The van der Waals surface area contributed by atoms with Crippen molar-refractivity contribution in [3.8, 4) is 0 Å². The molecule has 2 aromatic rings. The number of hydrogen-bond donors (Lipinski definition) is 1. The van der Waals surface area contributed by atoms with Gasteiger partial charge in [-0.2, -0.15) is 0 Å². The van der Waals surface area contributed by atoms with Gasteiger partial charge in [-0.3, -0.25) is 4.79 Å². The third kappa shape index (κ3) is 4.08. The minimum Gasteiger partial charge on any atom is -0.325 e. The summed E-state index contributed by atoms with van der Waals surface area (Å²) in [7, 11) is 0. The zero-order chi connectivity index (χ0) is 13.8. The molecule has 0 spiro atoms. The van der Waals surface area contributed by atoms with Gasteiger partial charge >= 0.3 is 0 Å². The monoisotopic (exact) mass is 337 g/mol. The van der Waals surface area contributed by atoms with Crippen LogP contribution in [-0.2, 0) is 11.2 Å². The Kier molecular flexibility index (Phi) is 4.61. The van der Waals surface area contributed by atoms with E-state index in [2.05, 4.69) is 21.2 Å². The van der Waals surface area contributed by atoms with Gasteiger partial charge in [-0.1, -0.05) is 41.4 Å². The smallest absolute Gasteiger partial charge is 0.228 e. The number of hydrogen-bond acceptors (Lipinski definition) is 1. The molecule has 98 valence electrons. The topological polar surface area (TPSA) is 29.1 Å². The van der Waals surface area contributed by atoms with Gasteiger partial charge in [-0.15, -0.1) is 0 Å². The number of anilines is 1. The molecule has 0 heterocycles. The lowest BCUT2D eigenvalue weighted by Gasteiger charge is -2.08. The summed E-state index contributed by atoms with van der Waals surface area (Å²) in [6.45, 7) is 2.01. The number of carbonyl (C=O) groups is 1. The highest BCUT2D eigenvalue weighted by atomic mass is 79.9. The highest BCUT2D eigenvalue weighted by Gasteiger charge is 2.07. The van der Waals surface area contributed by atoms with Gasteiger partial charge in [0.1, 0.15) is 0 Å². The molecule has 0 aliphatic carbocycles. The van der Waals surface area contributed by atoms with Crippen LogP contribution in [0.3, 0.4) is 0 Å². The van der Waals surface area contributed by atoms with Crippen molar-refractivity contribution in [1.82, 2.24) is 0 Å². The highest BCUT2D eigenvalue weighted by molar-refractivity contribution is 9.10. The molecule has 1 amide bonds. The number of nitrogens with one attached hydrogen (secondary N) is 1. The first-order valence-electron chi connectivity index (χ1n) is 5.85. The average molecular weight is 339 g/mol. The first-order chi connectivity index (χ1) is 9.04. The van der Waals surface area contributed by atoms with Crippen molar-refractivity contribution >= 4 is 39.1 Å². The fraction of sp³-hybridized carbons (Fsp3) is 0.133. The number of carbonyl (C=O) groups excluding carboxylic acids is 1. The minimum absolute atomic E-state index is 0.0476. The third-order valence-corrected chi connectivity index (χ3v) is 3.54. The van der Waals surface area contributed by atoms with Gasteiger partial charge in [0.15, 0.2) is 0 Å². The Morgan fingerprint density at radius 1 is 1.26 bits per heavy atom. The summed E-state index contributed by atoms with van der Waals surface area (Å²) in [4.78, 5) is 12.0. The Labute approximate surface area is 125 Å². The Morgan fingerprint density at radius 3 is 2.74 bits per heavy atom. The van der Waals surface area contributed by atoms with E-state index in [-0.39, 0.29) is 5.91 Å². The Hall–Kier alpha value is -1.32. The number of halogens is 2. The van der Waals surface area contributed by atoms with E-state index in [0.717, 1.165) is 21.3 Å². The van der Waals surface area contributed by atoms with Crippen LogP contribution in [0.25, 0.3) is 0 Å². The molecule has 0 fully saturated rings. The molecule has 2 rings (SSSR count). The van der Waals surface area contributed by atoms with Gasteiger partial charge < -0.3 is 5.32 Å². The largest absolute Gasteiger partial charge is 0.325 e. The predicted octanol–water partition coefficient (Wildman–Crippen LogP) is 4.59. The SMILES string of the molecule is Cc1cccc(CC(=O)Nc2ccc(Cl)cc2Br)c1. The maximum absolute atomic E-state index is 12.0. The molecule has 0 aliphatic heterocycles. The lowest BCUT2D eigenvalue weighted by atomic mass is 10.1. The third-order valence-electron chi connectivity index (χ3n) is 2.65. The van der Waals surface area contributed by atoms with Crippen LogP contribution in [0.1, 0.15) is 11.1 Å². The quantitative estimate of drug-likeness (QED) is 0.871. The molecule has 4 heteroatoms. The van der Waals surface area contributed by atoms with Crippen LogP contribution < -0.4 is 5.32 Å². The van der Waals surface area contributed by atoms with E-state index in [0.29, 0.717) is 11.4 Å². The van der Waals surface area contributed by atoms with Gasteiger partial charge in [-0.25, -0.2) is 0 Å². The molecule has 0 saturated carbocycles. The van der Waals surface area contributed by atoms with E-state index in [1.807, 2.05) is 31.2 Å². The van der Waals surface area contributed by atoms with Crippen molar-refractivity contribution in [2.24, 2.45) is 0 Å². The van der Waals surface area contributed by atoms with E-state index in [1.54, 1.807) is 18.2 Å². The van der Waals surface area contributed by atoms with Gasteiger partial charge in [0.05, 0.1) is 12.1 Å². The van der Waals surface area contributed by atoms with Crippen molar-refractivity contribution < 1.29 is 4.79 Å². The van der Waals surface area contributed by atoms with Crippen LogP contribution in [0, 0.1) is 6.92 Å². The first kappa shape index (κ1) is 14.1. The molecule has 0 saturated heterocycles. The number of rotatable bonds is 3. The van der Waals surface area contributed by atoms with Crippen molar-refractivity contribution in [3.05, 3.63) is 63.1 Å². The summed E-state index contributed by atoms with van der Waals surface area (Å²) in [6, 6.07) is 13.2. The molecule has 1 N–H and O–H groups in total. The van der Waals surface area contributed by atoms with Gasteiger partial charge in [0.25, 0.3) is 0 Å². The number of benzene rings is 2. The molecular formula is C15H13BrClNO. The van der Waals surface area contributed by atoms with Crippen LogP contribution in [0.2, 0.25) is 5.02 Å². The summed E-state index contributed by atoms with van der Waals surface area (Å²) in [5, 5.41) is 3.49. The van der Waals surface area contributed by atoms with Crippen LogP contribution >= 0.6 is 27.5 Å². The molecular weight excluding hydrogens is 326 g/mol. The maximum atomic E-state index is 12.0. The molecule has 19 heavy (non-hydrogen) atoms. The molecule has 2 aromatic carbocycles. The van der Waals surface area contributed by atoms with E-state index in [9.17, 15) is 4.79 Å². The zero-order valence-corrected chi connectivity index (χ0v) is 12.8. The number of amides is 1. The van der Waals surface area contributed by atoms with Crippen molar-refractivity contribution in [2.45, 2.75) is 13.3 Å². The summed E-state index contributed by atoms with van der Waals surface area (Å²) in [6.07, 6.45) is 0.358. The van der Waals surface area contributed by atoms with E-state index in [4.69, 9.17) is 11.6 Å². The van der Waals surface area contributed by atoms with Crippen LogP contribution in [-0.4, -0.2) is 5.91 Å². The lowest BCUT2D eigenvalue weighted by Crippen LogP contribution is -2.14. The molecule has 0 radical (unpaired) electrons. The summed E-state index contributed by atoms with van der Waals surface area (Å²) < 4.78 is 0.776. The molecule has 0 atom stereocenters. The Morgan fingerprint density at radius 2 is 2.05 bits per heavy atom. The van der Waals surface area contributed by atoms with Crippen molar-refractivity contribution in [3.63, 3.8) is 0 Å². The summed E-state index contributed by atoms with van der Waals surface area (Å²) in [5.41, 5.74) is 2.88. The molecule has 0 aliphatic rings. The average Bonchev–Trinajstić information content (AvgIpc) is 2.33. The van der Waals surface area contributed by atoms with E-state index >= 15 is 0 Å². The lowest BCUT2D eigenvalue weighted by molar-refractivity contribution is -0.115. The fourth-order valence-corrected chi connectivity index (χ4v) is 2.57. The standard InChI is InChI=1S/C15H13BrClNO/c1-10-3-2-4-11(7-10)8-15(19)18-14-6-5-12(17)9-13(14)16/h2-7,9H,8H2,1H3,(H,18,19). The van der Waals surface area contributed by atoms with E-state index < -0.39 is 0 Å². The maximum Gasteiger partial charge on any atom is 0.228 e. The second-order valence-electron chi connectivity index (χ2n) is 4.34. The molecule has 2 nitrogen and oxygen atoms in total. The number of aryl methyl sites for hydroxylation is 1. The fourth-order valence-electron chi connectivity index (χ4n) is 1.79. The zero-order valence-electron chi connectivity index (χ0n) is 10.4. The normalized spacial score (nSPS) is 10.3. The molecule has 0 bridgehead atoms. The van der Waals surface area contributed by atoms with Crippen LogP contribution in [0.5, 0.6) is 0 Å². The first-order valence-corrected chi connectivity index (χ1v) is 7.02. The second-order valence-corrected chi connectivity index (χ2v) is 5.63. The van der Waals surface area contributed by atoms with Gasteiger partial charge in [0.2, 0.25) is 5.91 Å². The highest BCUT2D eigenvalue weighted by Crippen LogP contribution is 2.26. The molecule has 0 unspecified atom stereocenters. The minimum atomic E-state index is -0.0476. The van der Waals surface area contributed by atoms with Crippen LogP contribution in [0.4, 0.5) is 5.69 Å². The summed E-state index contributed by atoms with van der Waals surface area (Å²) in [5.74, 6) is -0.0476. The van der Waals surface area contributed by atoms with Crippen molar-refractivity contribution in [2.75, 3.05) is 5.32 Å². The Bertz CT molecular complexity index is 613. The van der Waals surface area contributed by atoms with Gasteiger partial charge in [0, 0.05) is 9.50 Å².